The van der Waals surface area contributed by atoms with Crippen LogP contribution in [0, 0.1) is 0 Å². The molecule has 0 aromatic heterocycles. The summed E-state index contributed by atoms with van der Waals surface area (Å²) in [6, 6.07) is 7.50. The lowest BCUT2D eigenvalue weighted by atomic mass is 10.2. The van der Waals surface area contributed by atoms with E-state index in [1.807, 2.05) is 31.2 Å². The number of rotatable bonds is 6. The topological polar surface area (TPSA) is 38.7 Å². The SMILES string of the molecule is CCC(O)CCOc1ccccc1OC. The molecule has 3 nitrogen and oxygen atoms in total. The molecule has 0 saturated carbocycles. The molecule has 0 bridgehead atoms. The van der Waals surface area contributed by atoms with Crippen molar-refractivity contribution in [2.24, 2.45) is 0 Å². The largest absolute Gasteiger partial charge is 0.493 e. The van der Waals surface area contributed by atoms with E-state index >= 15 is 0 Å². The maximum atomic E-state index is 9.35. The van der Waals surface area contributed by atoms with E-state index in [0.29, 0.717) is 13.0 Å². The number of hydrogen-bond donors (Lipinski definition) is 1. The van der Waals surface area contributed by atoms with E-state index < -0.39 is 0 Å². The Bertz CT molecular complexity index is 286. The third kappa shape index (κ3) is 3.80. The number of aliphatic hydroxyl groups is 1. The van der Waals surface area contributed by atoms with Gasteiger partial charge in [-0.25, -0.2) is 0 Å². The highest BCUT2D eigenvalue weighted by atomic mass is 16.5. The molecule has 1 unspecified atom stereocenters. The Kier molecular flexibility index (Phi) is 4.98. The maximum absolute atomic E-state index is 9.35. The second-order valence-corrected chi connectivity index (χ2v) is 3.35. The molecule has 1 N–H and O–H groups in total. The fraction of sp³-hybridized carbons (Fsp3) is 0.500. The molecule has 0 aliphatic heterocycles. The van der Waals surface area contributed by atoms with Crippen LogP contribution in [0.5, 0.6) is 11.5 Å². The van der Waals surface area contributed by atoms with Gasteiger partial charge in [0.2, 0.25) is 0 Å². The standard InChI is InChI=1S/C12H18O3/c1-3-10(13)8-9-15-12-7-5-4-6-11(12)14-2/h4-7,10,13H,3,8-9H2,1-2H3. The van der Waals surface area contributed by atoms with Gasteiger partial charge in [0.15, 0.2) is 11.5 Å². The van der Waals surface area contributed by atoms with Crippen molar-refractivity contribution in [1.82, 2.24) is 0 Å². The zero-order valence-corrected chi connectivity index (χ0v) is 9.27. The molecule has 1 atom stereocenters. The molecule has 1 aromatic carbocycles. The zero-order chi connectivity index (χ0) is 11.1. The van der Waals surface area contributed by atoms with Gasteiger partial charge in [0.25, 0.3) is 0 Å². The van der Waals surface area contributed by atoms with Gasteiger partial charge >= 0.3 is 0 Å². The molecule has 0 spiro atoms. The van der Waals surface area contributed by atoms with Gasteiger partial charge in [-0.1, -0.05) is 19.1 Å². The lowest BCUT2D eigenvalue weighted by molar-refractivity contribution is 0.134. The van der Waals surface area contributed by atoms with E-state index in [9.17, 15) is 5.11 Å². The second-order valence-electron chi connectivity index (χ2n) is 3.35. The van der Waals surface area contributed by atoms with Crippen molar-refractivity contribution in [3.63, 3.8) is 0 Å². The molecule has 3 heteroatoms. The molecular weight excluding hydrogens is 192 g/mol. The Hall–Kier alpha value is -1.22. The van der Waals surface area contributed by atoms with E-state index in [0.717, 1.165) is 17.9 Å². The third-order valence-corrected chi connectivity index (χ3v) is 2.25. The zero-order valence-electron chi connectivity index (χ0n) is 9.27. The van der Waals surface area contributed by atoms with E-state index in [2.05, 4.69) is 0 Å². The van der Waals surface area contributed by atoms with Crippen LogP contribution in [-0.4, -0.2) is 24.9 Å². The summed E-state index contributed by atoms with van der Waals surface area (Å²) < 4.78 is 10.7. The normalized spacial score (nSPS) is 12.2. The highest BCUT2D eigenvalue weighted by Gasteiger charge is 2.04. The van der Waals surface area contributed by atoms with Crippen LogP contribution >= 0.6 is 0 Å². The number of benzene rings is 1. The average molecular weight is 210 g/mol. The monoisotopic (exact) mass is 210 g/mol. The predicted octanol–water partition coefficient (Wildman–Crippen LogP) is 2.24. The van der Waals surface area contributed by atoms with E-state index in [1.54, 1.807) is 7.11 Å². The molecule has 0 aliphatic rings. The first kappa shape index (κ1) is 11.9. The van der Waals surface area contributed by atoms with Gasteiger partial charge in [-0.2, -0.15) is 0 Å². The summed E-state index contributed by atoms with van der Waals surface area (Å²) in [5.74, 6) is 1.45. The summed E-state index contributed by atoms with van der Waals surface area (Å²) in [4.78, 5) is 0. The van der Waals surface area contributed by atoms with Crippen molar-refractivity contribution in [2.45, 2.75) is 25.9 Å². The molecule has 0 radical (unpaired) electrons. The smallest absolute Gasteiger partial charge is 0.161 e. The minimum Gasteiger partial charge on any atom is -0.493 e. The van der Waals surface area contributed by atoms with Crippen LogP contribution in [0.15, 0.2) is 24.3 Å². The van der Waals surface area contributed by atoms with Crippen LogP contribution in [0.25, 0.3) is 0 Å². The molecule has 15 heavy (non-hydrogen) atoms. The van der Waals surface area contributed by atoms with Gasteiger partial charge < -0.3 is 14.6 Å². The maximum Gasteiger partial charge on any atom is 0.161 e. The molecule has 84 valence electrons. The fourth-order valence-electron chi connectivity index (χ4n) is 1.25. The summed E-state index contributed by atoms with van der Waals surface area (Å²) in [5.41, 5.74) is 0. The van der Waals surface area contributed by atoms with E-state index in [4.69, 9.17) is 9.47 Å². The Morgan fingerprint density at radius 2 is 1.93 bits per heavy atom. The number of ether oxygens (including phenoxy) is 2. The molecule has 0 fully saturated rings. The summed E-state index contributed by atoms with van der Waals surface area (Å²) >= 11 is 0. The minimum atomic E-state index is -0.278. The van der Waals surface area contributed by atoms with E-state index in [-0.39, 0.29) is 6.10 Å². The van der Waals surface area contributed by atoms with Gasteiger partial charge in [0, 0.05) is 6.42 Å². The number of hydrogen-bond acceptors (Lipinski definition) is 3. The van der Waals surface area contributed by atoms with Crippen molar-refractivity contribution in [3.8, 4) is 11.5 Å². The quantitative estimate of drug-likeness (QED) is 0.782. The first-order chi connectivity index (χ1) is 7.27. The molecule has 1 aromatic rings. The summed E-state index contributed by atoms with van der Waals surface area (Å²) in [5, 5.41) is 9.35. The Morgan fingerprint density at radius 1 is 1.27 bits per heavy atom. The molecular formula is C12H18O3. The van der Waals surface area contributed by atoms with Gasteiger partial charge in [0.1, 0.15) is 0 Å². The molecule has 0 amide bonds. The van der Waals surface area contributed by atoms with Gasteiger partial charge in [-0.05, 0) is 18.6 Å². The van der Waals surface area contributed by atoms with Crippen LogP contribution in [0.4, 0.5) is 0 Å². The van der Waals surface area contributed by atoms with E-state index in [1.165, 1.54) is 0 Å². The first-order valence-electron chi connectivity index (χ1n) is 5.21. The highest BCUT2D eigenvalue weighted by molar-refractivity contribution is 5.39. The average Bonchev–Trinajstić information content (AvgIpc) is 2.29. The summed E-state index contributed by atoms with van der Waals surface area (Å²) in [7, 11) is 1.61. The van der Waals surface area contributed by atoms with Crippen LogP contribution in [0.2, 0.25) is 0 Å². The molecule has 0 saturated heterocycles. The molecule has 1 rings (SSSR count). The number of methoxy groups -OCH3 is 1. The Balaban J connectivity index is 2.43. The number of para-hydroxylation sites is 2. The lowest BCUT2D eigenvalue weighted by Crippen LogP contribution is -2.10. The molecule has 0 aliphatic carbocycles. The second kappa shape index (κ2) is 6.30. The fourth-order valence-corrected chi connectivity index (χ4v) is 1.25. The highest BCUT2D eigenvalue weighted by Crippen LogP contribution is 2.25. The van der Waals surface area contributed by atoms with Crippen molar-refractivity contribution in [2.75, 3.05) is 13.7 Å². The number of aliphatic hydroxyl groups excluding tert-OH is 1. The minimum absolute atomic E-state index is 0.278. The van der Waals surface area contributed by atoms with Gasteiger partial charge in [-0.15, -0.1) is 0 Å². The Labute approximate surface area is 90.6 Å². The Morgan fingerprint density at radius 3 is 2.53 bits per heavy atom. The third-order valence-electron chi connectivity index (χ3n) is 2.25. The molecule has 0 heterocycles. The van der Waals surface area contributed by atoms with Gasteiger partial charge in [-0.3, -0.25) is 0 Å². The van der Waals surface area contributed by atoms with Gasteiger partial charge in [0.05, 0.1) is 19.8 Å². The van der Waals surface area contributed by atoms with Crippen LogP contribution in [0.3, 0.4) is 0 Å². The van der Waals surface area contributed by atoms with Crippen LogP contribution in [0.1, 0.15) is 19.8 Å². The van der Waals surface area contributed by atoms with Crippen molar-refractivity contribution >= 4 is 0 Å². The van der Waals surface area contributed by atoms with Crippen molar-refractivity contribution in [1.29, 1.82) is 0 Å². The summed E-state index contributed by atoms with van der Waals surface area (Å²) in [6.07, 6.45) is 1.13. The van der Waals surface area contributed by atoms with Crippen LogP contribution < -0.4 is 9.47 Å². The predicted molar refractivity (Wildman–Crippen MR) is 59.4 cm³/mol. The van der Waals surface area contributed by atoms with Crippen molar-refractivity contribution < 1.29 is 14.6 Å². The summed E-state index contributed by atoms with van der Waals surface area (Å²) in [6.45, 7) is 2.46. The van der Waals surface area contributed by atoms with Crippen molar-refractivity contribution in [3.05, 3.63) is 24.3 Å². The first-order valence-corrected chi connectivity index (χ1v) is 5.21. The lowest BCUT2D eigenvalue weighted by Gasteiger charge is -2.11. The van der Waals surface area contributed by atoms with Crippen LogP contribution in [-0.2, 0) is 0 Å².